The van der Waals surface area contributed by atoms with Crippen LogP contribution < -0.4 is 0 Å². The summed E-state index contributed by atoms with van der Waals surface area (Å²) < 4.78 is 13.3. The molecule has 0 spiro atoms. The normalized spacial score (nSPS) is 10.6. The highest BCUT2D eigenvalue weighted by atomic mass is 19.1. The third-order valence-corrected chi connectivity index (χ3v) is 2.38. The second-order valence-electron chi connectivity index (χ2n) is 3.59. The molecule has 0 heterocycles. The highest BCUT2D eigenvalue weighted by Gasteiger charge is 2.00. The number of carbonyl (C=O) groups is 1. The molecule has 1 nitrogen and oxygen atoms in total. The first-order valence-electron chi connectivity index (χ1n) is 5.29. The zero-order chi connectivity index (χ0) is 12.1. The summed E-state index contributed by atoms with van der Waals surface area (Å²) in [5.74, 6) is -0.460. The van der Waals surface area contributed by atoms with Crippen LogP contribution in [-0.4, -0.2) is 5.78 Å². The van der Waals surface area contributed by atoms with E-state index in [1.165, 1.54) is 18.2 Å². The Hall–Kier alpha value is -2.22. The van der Waals surface area contributed by atoms with Gasteiger partial charge < -0.3 is 0 Å². The maximum atomic E-state index is 13.3. The minimum atomic E-state index is -0.329. The molecule has 2 aromatic rings. The van der Waals surface area contributed by atoms with Crippen molar-refractivity contribution in [2.75, 3.05) is 0 Å². The van der Waals surface area contributed by atoms with Gasteiger partial charge in [0.25, 0.3) is 0 Å². The van der Waals surface area contributed by atoms with Crippen molar-refractivity contribution in [3.63, 3.8) is 0 Å². The van der Waals surface area contributed by atoms with Crippen LogP contribution in [0.2, 0.25) is 0 Å². The number of ketones is 1. The van der Waals surface area contributed by atoms with Crippen LogP contribution in [0.3, 0.4) is 0 Å². The van der Waals surface area contributed by atoms with E-state index < -0.39 is 0 Å². The smallest absolute Gasteiger partial charge is 0.185 e. The van der Waals surface area contributed by atoms with E-state index in [4.69, 9.17) is 0 Å². The summed E-state index contributed by atoms with van der Waals surface area (Å²) in [7, 11) is 0. The van der Waals surface area contributed by atoms with Crippen molar-refractivity contribution >= 4 is 11.9 Å². The molecule has 84 valence electrons. The van der Waals surface area contributed by atoms with Crippen molar-refractivity contribution in [1.82, 2.24) is 0 Å². The lowest BCUT2D eigenvalue weighted by molar-refractivity contribution is 0.104. The molecule has 0 aliphatic carbocycles. The monoisotopic (exact) mass is 226 g/mol. The Morgan fingerprint density at radius 1 is 0.941 bits per heavy atom. The third-order valence-electron chi connectivity index (χ3n) is 2.38. The lowest BCUT2D eigenvalue weighted by Crippen LogP contribution is -1.93. The van der Waals surface area contributed by atoms with Crippen LogP contribution in [0.4, 0.5) is 4.39 Å². The number of halogens is 1. The van der Waals surface area contributed by atoms with Gasteiger partial charge in [-0.1, -0.05) is 48.5 Å². The summed E-state index contributed by atoms with van der Waals surface area (Å²) >= 11 is 0. The summed E-state index contributed by atoms with van der Waals surface area (Å²) in [6.45, 7) is 0. The van der Waals surface area contributed by atoms with Crippen LogP contribution >= 0.6 is 0 Å². The fourth-order valence-corrected chi connectivity index (χ4v) is 1.47. The molecule has 0 amide bonds. The molecular weight excluding hydrogens is 215 g/mol. The predicted octanol–water partition coefficient (Wildman–Crippen LogP) is 3.72. The first-order valence-corrected chi connectivity index (χ1v) is 5.29. The molecule has 2 aromatic carbocycles. The Morgan fingerprint density at radius 3 is 2.29 bits per heavy atom. The second kappa shape index (κ2) is 5.21. The maximum Gasteiger partial charge on any atom is 0.185 e. The summed E-state index contributed by atoms with van der Waals surface area (Å²) in [5, 5.41) is 0. The van der Waals surface area contributed by atoms with Crippen LogP contribution in [-0.2, 0) is 0 Å². The van der Waals surface area contributed by atoms with Crippen molar-refractivity contribution in [3.8, 4) is 0 Å². The molecule has 0 saturated carbocycles. The van der Waals surface area contributed by atoms with Crippen molar-refractivity contribution in [2.45, 2.75) is 0 Å². The Kier molecular flexibility index (Phi) is 3.46. The Morgan fingerprint density at radius 2 is 1.59 bits per heavy atom. The van der Waals surface area contributed by atoms with Crippen LogP contribution in [0.5, 0.6) is 0 Å². The molecule has 2 heteroatoms. The third kappa shape index (κ3) is 2.88. The fraction of sp³-hybridized carbons (Fsp3) is 0. The van der Waals surface area contributed by atoms with E-state index in [1.54, 1.807) is 42.5 Å². The van der Waals surface area contributed by atoms with Crippen molar-refractivity contribution in [3.05, 3.63) is 77.6 Å². The molecule has 0 unspecified atom stereocenters. The zero-order valence-corrected chi connectivity index (χ0v) is 9.14. The molecular formula is C15H11FO. The summed E-state index contributed by atoms with van der Waals surface area (Å²) in [4.78, 5) is 11.7. The largest absolute Gasteiger partial charge is 0.289 e. The summed E-state index contributed by atoms with van der Waals surface area (Å²) in [6, 6.07) is 15.2. The molecule has 0 aromatic heterocycles. The van der Waals surface area contributed by atoms with E-state index in [2.05, 4.69) is 0 Å². The van der Waals surface area contributed by atoms with E-state index in [0.717, 1.165) is 0 Å². The quantitative estimate of drug-likeness (QED) is 0.575. The second-order valence-corrected chi connectivity index (χ2v) is 3.59. The lowest BCUT2D eigenvalue weighted by Gasteiger charge is -1.96. The van der Waals surface area contributed by atoms with E-state index in [-0.39, 0.29) is 11.6 Å². The highest BCUT2D eigenvalue weighted by molar-refractivity contribution is 6.06. The minimum Gasteiger partial charge on any atom is -0.289 e. The molecule has 0 bridgehead atoms. The SMILES string of the molecule is O=C(/C=C\c1ccccc1F)c1ccccc1. The molecule has 0 radical (unpaired) electrons. The minimum absolute atomic E-state index is 0.131. The molecule has 17 heavy (non-hydrogen) atoms. The Labute approximate surface area is 99.2 Å². The first kappa shape index (κ1) is 11.3. The van der Waals surface area contributed by atoms with Crippen LogP contribution in [0.1, 0.15) is 15.9 Å². The van der Waals surface area contributed by atoms with Gasteiger partial charge in [-0.3, -0.25) is 4.79 Å². The van der Waals surface area contributed by atoms with E-state index in [0.29, 0.717) is 11.1 Å². The van der Waals surface area contributed by atoms with Gasteiger partial charge >= 0.3 is 0 Å². The average Bonchev–Trinajstić information content (AvgIpc) is 2.38. The highest BCUT2D eigenvalue weighted by Crippen LogP contribution is 2.09. The van der Waals surface area contributed by atoms with Gasteiger partial charge in [-0.05, 0) is 18.2 Å². The van der Waals surface area contributed by atoms with Gasteiger partial charge in [-0.15, -0.1) is 0 Å². The lowest BCUT2D eigenvalue weighted by atomic mass is 10.1. The molecule has 0 N–H and O–H groups in total. The maximum absolute atomic E-state index is 13.3. The number of hydrogen-bond donors (Lipinski definition) is 0. The van der Waals surface area contributed by atoms with Gasteiger partial charge in [0, 0.05) is 11.1 Å². The number of allylic oxidation sites excluding steroid dienone is 1. The molecule has 0 aliphatic rings. The van der Waals surface area contributed by atoms with Gasteiger partial charge in [0.2, 0.25) is 0 Å². The van der Waals surface area contributed by atoms with Gasteiger partial charge in [0.15, 0.2) is 5.78 Å². The molecule has 2 rings (SSSR count). The van der Waals surface area contributed by atoms with Crippen LogP contribution in [0, 0.1) is 5.82 Å². The fourth-order valence-electron chi connectivity index (χ4n) is 1.47. The van der Waals surface area contributed by atoms with Crippen molar-refractivity contribution in [2.24, 2.45) is 0 Å². The molecule has 0 fully saturated rings. The Balaban J connectivity index is 2.17. The number of benzene rings is 2. The molecule has 0 aliphatic heterocycles. The first-order chi connectivity index (χ1) is 8.27. The summed E-state index contributed by atoms with van der Waals surface area (Å²) in [5.41, 5.74) is 1.01. The van der Waals surface area contributed by atoms with Crippen LogP contribution in [0.15, 0.2) is 60.7 Å². The summed E-state index contributed by atoms with van der Waals surface area (Å²) in [6.07, 6.45) is 2.87. The van der Waals surface area contributed by atoms with E-state index in [1.807, 2.05) is 6.07 Å². The van der Waals surface area contributed by atoms with E-state index in [9.17, 15) is 9.18 Å². The van der Waals surface area contributed by atoms with Crippen molar-refractivity contribution in [1.29, 1.82) is 0 Å². The number of rotatable bonds is 3. The molecule has 0 saturated heterocycles. The standard InChI is InChI=1S/C15H11FO/c16-14-9-5-4-6-12(14)10-11-15(17)13-7-2-1-3-8-13/h1-11H/b11-10-. The van der Waals surface area contributed by atoms with Gasteiger partial charge in [-0.25, -0.2) is 4.39 Å². The Bertz CT molecular complexity index is 544. The number of carbonyl (C=O) groups excluding carboxylic acids is 1. The predicted molar refractivity (Wildman–Crippen MR) is 66.2 cm³/mol. The van der Waals surface area contributed by atoms with Crippen molar-refractivity contribution < 1.29 is 9.18 Å². The average molecular weight is 226 g/mol. The molecule has 0 atom stereocenters. The number of hydrogen-bond acceptors (Lipinski definition) is 1. The van der Waals surface area contributed by atoms with Crippen LogP contribution in [0.25, 0.3) is 6.08 Å². The van der Waals surface area contributed by atoms with Gasteiger partial charge in [0.1, 0.15) is 5.82 Å². The van der Waals surface area contributed by atoms with E-state index >= 15 is 0 Å². The van der Waals surface area contributed by atoms with Gasteiger partial charge in [0.05, 0.1) is 0 Å². The zero-order valence-electron chi connectivity index (χ0n) is 9.14. The topological polar surface area (TPSA) is 17.1 Å². The van der Waals surface area contributed by atoms with Gasteiger partial charge in [-0.2, -0.15) is 0 Å².